The quantitative estimate of drug-likeness (QED) is 0.133. The van der Waals surface area contributed by atoms with Crippen LogP contribution in [-0.4, -0.2) is 65.3 Å². The number of piperazine rings is 1. The van der Waals surface area contributed by atoms with E-state index in [4.69, 9.17) is 14.5 Å². The first kappa shape index (κ1) is 33.1. The van der Waals surface area contributed by atoms with Crippen LogP contribution < -0.4 is 14.4 Å². The molecule has 3 aromatic carbocycles. The molecule has 0 aliphatic carbocycles. The molecule has 1 aliphatic heterocycles. The van der Waals surface area contributed by atoms with Crippen LogP contribution >= 0.6 is 23.1 Å². The Morgan fingerprint density at radius 2 is 1.51 bits per heavy atom. The summed E-state index contributed by atoms with van der Waals surface area (Å²) in [5, 5.41) is 19.8. The molecule has 45 heavy (non-hydrogen) atoms. The standard InChI is InChI=1S/C33H36F3N3O4S2/c1-32(2,31(40)41)43-26-12-14-27(15-13-26)44-21-29-28(37-30(45-29)22-4-6-23(7-5-22)33(34,35)36)20-38-16-18-39(19-17-38)24-8-10-25(42-3)11-9-24/h4-15,31,40-41H,16-21H2,1-3H3. The van der Waals surface area contributed by atoms with Gasteiger partial charge in [0.2, 0.25) is 0 Å². The predicted octanol–water partition coefficient (Wildman–Crippen LogP) is 6.92. The van der Waals surface area contributed by atoms with Gasteiger partial charge in [0.1, 0.15) is 16.5 Å². The van der Waals surface area contributed by atoms with Crippen molar-refractivity contribution in [2.45, 2.75) is 49.1 Å². The van der Waals surface area contributed by atoms with Crippen LogP contribution in [0.4, 0.5) is 18.9 Å². The maximum absolute atomic E-state index is 13.2. The van der Waals surface area contributed by atoms with Crippen molar-refractivity contribution < 1.29 is 32.9 Å². The number of aliphatic hydroxyl groups excluding tert-OH is 1. The molecule has 7 nitrogen and oxygen atoms in total. The van der Waals surface area contributed by atoms with E-state index in [9.17, 15) is 23.4 Å². The van der Waals surface area contributed by atoms with Crippen molar-refractivity contribution in [1.29, 1.82) is 0 Å². The first-order valence-electron chi connectivity index (χ1n) is 14.5. The van der Waals surface area contributed by atoms with Crippen molar-refractivity contribution in [1.82, 2.24) is 9.88 Å². The number of hydrogen-bond donors (Lipinski definition) is 2. The average Bonchev–Trinajstić information content (AvgIpc) is 3.43. The number of aromatic nitrogens is 1. The van der Waals surface area contributed by atoms with Gasteiger partial charge in [0.15, 0.2) is 11.9 Å². The van der Waals surface area contributed by atoms with Crippen LogP contribution in [0.5, 0.6) is 11.5 Å². The van der Waals surface area contributed by atoms with E-state index in [1.54, 1.807) is 44.9 Å². The van der Waals surface area contributed by atoms with Crippen molar-refractivity contribution in [3.63, 3.8) is 0 Å². The third-order valence-electron chi connectivity index (χ3n) is 7.62. The molecule has 1 aromatic heterocycles. The summed E-state index contributed by atoms with van der Waals surface area (Å²) >= 11 is 3.13. The van der Waals surface area contributed by atoms with E-state index >= 15 is 0 Å². The summed E-state index contributed by atoms with van der Waals surface area (Å²) < 4.78 is 50.5. The van der Waals surface area contributed by atoms with Crippen molar-refractivity contribution in [3.8, 4) is 22.1 Å². The lowest BCUT2D eigenvalue weighted by Gasteiger charge is -2.36. The molecule has 0 atom stereocenters. The lowest BCUT2D eigenvalue weighted by molar-refractivity contribution is -0.154. The van der Waals surface area contributed by atoms with Crippen LogP contribution in [0.15, 0.2) is 77.7 Å². The van der Waals surface area contributed by atoms with E-state index in [0.29, 0.717) is 28.6 Å². The molecule has 0 saturated carbocycles. The van der Waals surface area contributed by atoms with Gasteiger partial charge in [-0.05, 0) is 74.5 Å². The van der Waals surface area contributed by atoms with E-state index in [1.807, 2.05) is 24.3 Å². The summed E-state index contributed by atoms with van der Waals surface area (Å²) in [6, 6.07) is 20.6. The average molecular weight is 660 g/mol. The molecule has 4 aromatic rings. The Balaban J connectivity index is 1.29. The summed E-state index contributed by atoms with van der Waals surface area (Å²) in [5.74, 6) is 1.99. The van der Waals surface area contributed by atoms with E-state index in [-0.39, 0.29) is 0 Å². The molecule has 0 bridgehead atoms. The molecule has 12 heteroatoms. The van der Waals surface area contributed by atoms with Gasteiger partial charge in [0, 0.05) is 59.5 Å². The lowest BCUT2D eigenvalue weighted by Crippen LogP contribution is -2.46. The largest absolute Gasteiger partial charge is 0.497 e. The summed E-state index contributed by atoms with van der Waals surface area (Å²) in [6.45, 7) is 7.28. The maximum atomic E-state index is 13.2. The fraction of sp³-hybridized carbons (Fsp3) is 0.364. The number of hydrogen-bond acceptors (Lipinski definition) is 9. The first-order valence-corrected chi connectivity index (χ1v) is 16.3. The molecule has 0 radical (unpaired) electrons. The minimum absolute atomic E-state index is 0.523. The Morgan fingerprint density at radius 1 is 0.889 bits per heavy atom. The smallest absolute Gasteiger partial charge is 0.416 e. The van der Waals surface area contributed by atoms with Crippen molar-refractivity contribution in [2.75, 3.05) is 38.2 Å². The Labute approximate surface area is 269 Å². The Bertz CT molecular complexity index is 1540. The lowest BCUT2D eigenvalue weighted by atomic mass is 10.1. The van der Waals surface area contributed by atoms with E-state index in [2.05, 4.69) is 21.9 Å². The Morgan fingerprint density at radius 3 is 2.09 bits per heavy atom. The normalized spacial score (nSPS) is 14.6. The molecule has 0 amide bonds. The minimum Gasteiger partial charge on any atom is -0.497 e. The number of methoxy groups -OCH3 is 1. The summed E-state index contributed by atoms with van der Waals surface area (Å²) in [6.07, 6.45) is -6.02. The Hall–Kier alpha value is -3.29. The second-order valence-corrected chi connectivity index (χ2v) is 13.4. The first-order chi connectivity index (χ1) is 21.4. The fourth-order valence-electron chi connectivity index (χ4n) is 4.82. The predicted molar refractivity (Wildman–Crippen MR) is 172 cm³/mol. The van der Waals surface area contributed by atoms with Gasteiger partial charge < -0.3 is 24.6 Å². The third-order valence-corrected chi connectivity index (χ3v) is 9.98. The monoisotopic (exact) mass is 659 g/mol. The number of halogens is 3. The molecule has 0 unspecified atom stereocenters. The van der Waals surface area contributed by atoms with Gasteiger partial charge in [-0.3, -0.25) is 4.90 Å². The van der Waals surface area contributed by atoms with Gasteiger partial charge in [0.25, 0.3) is 0 Å². The summed E-state index contributed by atoms with van der Waals surface area (Å²) in [7, 11) is 1.65. The highest BCUT2D eigenvalue weighted by atomic mass is 32.2. The fourth-order valence-corrected chi connectivity index (χ4v) is 6.90. The van der Waals surface area contributed by atoms with Crippen LogP contribution in [-0.2, 0) is 18.5 Å². The molecule has 1 saturated heterocycles. The zero-order valence-electron chi connectivity index (χ0n) is 25.3. The van der Waals surface area contributed by atoms with Gasteiger partial charge >= 0.3 is 6.18 Å². The van der Waals surface area contributed by atoms with Crippen LogP contribution in [0.3, 0.4) is 0 Å². The number of rotatable bonds is 11. The minimum atomic E-state index is -4.39. The number of thiazole rings is 1. The maximum Gasteiger partial charge on any atom is 0.416 e. The number of anilines is 1. The second kappa shape index (κ2) is 14.0. The van der Waals surface area contributed by atoms with Crippen molar-refractivity contribution in [3.05, 3.63) is 88.9 Å². The van der Waals surface area contributed by atoms with Crippen LogP contribution in [0.2, 0.25) is 0 Å². The van der Waals surface area contributed by atoms with Gasteiger partial charge in [-0.15, -0.1) is 23.1 Å². The third kappa shape index (κ3) is 8.50. The molecular weight excluding hydrogens is 624 g/mol. The summed E-state index contributed by atoms with van der Waals surface area (Å²) in [4.78, 5) is 11.7. The van der Waals surface area contributed by atoms with Crippen molar-refractivity contribution in [2.24, 2.45) is 0 Å². The van der Waals surface area contributed by atoms with Gasteiger partial charge in [-0.2, -0.15) is 13.2 Å². The number of aliphatic hydroxyl groups is 2. The molecule has 2 heterocycles. The zero-order valence-corrected chi connectivity index (χ0v) is 26.9. The van der Waals surface area contributed by atoms with Gasteiger partial charge in [-0.25, -0.2) is 4.98 Å². The van der Waals surface area contributed by atoms with E-state index < -0.39 is 23.6 Å². The molecule has 5 rings (SSSR count). The summed E-state index contributed by atoms with van der Waals surface area (Å²) in [5.41, 5.74) is 0.904. The van der Waals surface area contributed by atoms with Gasteiger partial charge in [0.05, 0.1) is 18.4 Å². The highest BCUT2D eigenvalue weighted by molar-refractivity contribution is 7.98. The van der Waals surface area contributed by atoms with Crippen LogP contribution in [0, 0.1) is 0 Å². The number of alkyl halides is 3. The van der Waals surface area contributed by atoms with Gasteiger partial charge in [-0.1, -0.05) is 12.1 Å². The van der Waals surface area contributed by atoms with E-state index in [0.717, 1.165) is 65.2 Å². The van der Waals surface area contributed by atoms with Crippen molar-refractivity contribution >= 4 is 28.8 Å². The highest BCUT2D eigenvalue weighted by Crippen LogP contribution is 2.36. The molecular formula is C33H36F3N3O4S2. The SMILES string of the molecule is COc1ccc(N2CCN(Cc3nc(-c4ccc(C(F)(F)F)cc4)sc3CSc3ccc(OC(C)(C)C(O)O)cc3)CC2)cc1. The number of nitrogens with zero attached hydrogens (tertiary/aromatic N) is 3. The number of ether oxygens (including phenoxy) is 2. The molecule has 1 aliphatic rings. The molecule has 0 spiro atoms. The zero-order chi connectivity index (χ0) is 32.2. The van der Waals surface area contributed by atoms with Crippen LogP contribution in [0.1, 0.15) is 30.0 Å². The van der Waals surface area contributed by atoms with E-state index in [1.165, 1.54) is 23.5 Å². The molecule has 240 valence electrons. The molecule has 1 fully saturated rings. The highest BCUT2D eigenvalue weighted by Gasteiger charge is 2.30. The second-order valence-electron chi connectivity index (χ2n) is 11.3. The number of thioether (sulfide) groups is 1. The van der Waals surface area contributed by atoms with Crippen LogP contribution in [0.25, 0.3) is 10.6 Å². The number of benzene rings is 3. The molecule has 2 N–H and O–H groups in total. The Kier molecular flexibility index (Phi) is 10.3. The topological polar surface area (TPSA) is 78.3 Å².